The lowest BCUT2D eigenvalue weighted by atomic mass is 10.1. The largest absolute Gasteiger partial charge is 0.358 e. The van der Waals surface area contributed by atoms with Crippen molar-refractivity contribution in [1.82, 2.24) is 14.5 Å². The van der Waals surface area contributed by atoms with E-state index in [1.807, 2.05) is 18.3 Å². The third-order valence-electron chi connectivity index (χ3n) is 4.20. The molecule has 1 atom stereocenters. The molecule has 1 unspecified atom stereocenters. The lowest BCUT2D eigenvalue weighted by Gasteiger charge is -2.15. The summed E-state index contributed by atoms with van der Waals surface area (Å²) in [5.41, 5.74) is 4.41. The number of aryl methyl sites for hydroxylation is 1. The van der Waals surface area contributed by atoms with Gasteiger partial charge in [0.05, 0.1) is 0 Å². The van der Waals surface area contributed by atoms with Crippen molar-refractivity contribution in [3.63, 3.8) is 0 Å². The van der Waals surface area contributed by atoms with E-state index >= 15 is 0 Å². The minimum atomic E-state index is 0.0698. The van der Waals surface area contributed by atoms with Crippen molar-refractivity contribution < 1.29 is 4.74 Å². The monoisotopic (exact) mass is 293 g/mol. The lowest BCUT2D eigenvalue weighted by Crippen LogP contribution is -2.12. The Morgan fingerprint density at radius 3 is 2.86 bits per heavy atom. The first-order valence-corrected chi connectivity index (χ1v) is 7.80. The predicted molar refractivity (Wildman–Crippen MR) is 85.7 cm³/mol. The summed E-state index contributed by atoms with van der Waals surface area (Å²) >= 11 is 0. The van der Waals surface area contributed by atoms with Gasteiger partial charge in [-0.15, -0.1) is 0 Å². The zero-order valence-corrected chi connectivity index (χ0v) is 12.7. The number of rotatable bonds is 3. The molecule has 1 saturated heterocycles. The van der Waals surface area contributed by atoms with Crippen LogP contribution >= 0.6 is 0 Å². The van der Waals surface area contributed by atoms with Gasteiger partial charge in [0.2, 0.25) is 0 Å². The van der Waals surface area contributed by atoms with Crippen molar-refractivity contribution >= 4 is 11.2 Å². The van der Waals surface area contributed by atoms with E-state index in [9.17, 15) is 0 Å². The number of imidazole rings is 1. The molecule has 3 aromatic rings. The van der Waals surface area contributed by atoms with Crippen molar-refractivity contribution in [3.05, 3.63) is 59.5 Å². The highest BCUT2D eigenvalue weighted by atomic mass is 16.5. The van der Waals surface area contributed by atoms with Gasteiger partial charge in [0.15, 0.2) is 5.65 Å². The summed E-state index contributed by atoms with van der Waals surface area (Å²) in [6, 6.07) is 12.6. The quantitative estimate of drug-likeness (QED) is 0.740. The summed E-state index contributed by atoms with van der Waals surface area (Å²) in [6.07, 6.45) is 4.83. The van der Waals surface area contributed by atoms with Crippen LogP contribution in [0.3, 0.4) is 0 Å². The fourth-order valence-electron chi connectivity index (χ4n) is 3.06. The van der Waals surface area contributed by atoms with Gasteiger partial charge >= 0.3 is 0 Å². The van der Waals surface area contributed by atoms with Gasteiger partial charge in [0.25, 0.3) is 0 Å². The molecule has 0 spiro atoms. The Kier molecular flexibility index (Phi) is 3.39. The molecule has 4 heteroatoms. The maximum absolute atomic E-state index is 5.89. The fourth-order valence-corrected chi connectivity index (χ4v) is 3.06. The van der Waals surface area contributed by atoms with Gasteiger partial charge in [0.1, 0.15) is 17.6 Å². The minimum Gasteiger partial charge on any atom is -0.358 e. The Balaban J connectivity index is 1.78. The lowest BCUT2D eigenvalue weighted by molar-refractivity contribution is 0.0573. The van der Waals surface area contributed by atoms with E-state index in [1.165, 1.54) is 11.1 Å². The SMILES string of the molecule is Cc1ccc(Cc2nc3cccnc3n2C2CCCO2)cc1. The van der Waals surface area contributed by atoms with Gasteiger partial charge in [-0.1, -0.05) is 29.8 Å². The number of fused-ring (bicyclic) bond motifs is 1. The highest BCUT2D eigenvalue weighted by Gasteiger charge is 2.23. The molecule has 0 saturated carbocycles. The molecule has 1 aromatic carbocycles. The summed E-state index contributed by atoms with van der Waals surface area (Å²) in [4.78, 5) is 9.32. The van der Waals surface area contributed by atoms with Crippen molar-refractivity contribution in [1.29, 1.82) is 0 Å². The van der Waals surface area contributed by atoms with E-state index in [1.54, 1.807) is 0 Å². The van der Waals surface area contributed by atoms with Gasteiger partial charge in [-0.25, -0.2) is 9.97 Å². The summed E-state index contributed by atoms with van der Waals surface area (Å²) in [5, 5.41) is 0. The van der Waals surface area contributed by atoms with Crippen LogP contribution < -0.4 is 0 Å². The highest BCUT2D eigenvalue weighted by molar-refractivity contribution is 5.71. The van der Waals surface area contributed by atoms with Gasteiger partial charge in [-0.05, 0) is 37.5 Å². The number of nitrogens with zero attached hydrogens (tertiary/aromatic N) is 3. The van der Waals surface area contributed by atoms with Gasteiger partial charge in [0, 0.05) is 19.2 Å². The van der Waals surface area contributed by atoms with Crippen LogP contribution in [0.4, 0.5) is 0 Å². The number of pyridine rings is 1. The minimum absolute atomic E-state index is 0.0698. The molecule has 0 N–H and O–H groups in total. The van der Waals surface area contributed by atoms with Gasteiger partial charge in [-0.3, -0.25) is 4.57 Å². The fraction of sp³-hybridized carbons (Fsp3) is 0.333. The van der Waals surface area contributed by atoms with E-state index in [-0.39, 0.29) is 6.23 Å². The molecule has 0 aliphatic carbocycles. The molecule has 22 heavy (non-hydrogen) atoms. The summed E-state index contributed by atoms with van der Waals surface area (Å²) in [7, 11) is 0. The standard InChI is InChI=1S/C18H19N3O/c1-13-6-8-14(9-7-13)12-16-20-15-4-2-10-19-18(15)21(16)17-5-3-11-22-17/h2,4,6-10,17H,3,5,11-12H2,1H3. The third-order valence-corrected chi connectivity index (χ3v) is 4.20. The van der Waals surface area contributed by atoms with E-state index in [4.69, 9.17) is 9.72 Å². The molecular weight excluding hydrogens is 274 g/mol. The van der Waals surface area contributed by atoms with E-state index in [2.05, 4.69) is 40.7 Å². The molecule has 2 aromatic heterocycles. The predicted octanol–water partition coefficient (Wildman–Crippen LogP) is 3.64. The molecular formula is C18H19N3O. The van der Waals surface area contributed by atoms with Crippen molar-refractivity contribution in [2.75, 3.05) is 6.61 Å². The van der Waals surface area contributed by atoms with Crippen LogP contribution in [-0.2, 0) is 11.2 Å². The van der Waals surface area contributed by atoms with Crippen LogP contribution in [0.2, 0.25) is 0 Å². The Labute approximate surface area is 129 Å². The first-order valence-electron chi connectivity index (χ1n) is 7.80. The number of benzene rings is 1. The van der Waals surface area contributed by atoms with Crippen LogP contribution in [0.5, 0.6) is 0 Å². The molecule has 112 valence electrons. The summed E-state index contributed by atoms with van der Waals surface area (Å²) < 4.78 is 8.07. The first-order chi connectivity index (χ1) is 10.8. The smallest absolute Gasteiger partial charge is 0.162 e. The number of hydrogen-bond donors (Lipinski definition) is 0. The topological polar surface area (TPSA) is 39.9 Å². The second-order valence-corrected chi connectivity index (χ2v) is 5.87. The Morgan fingerprint density at radius 2 is 2.09 bits per heavy atom. The molecule has 0 amide bonds. The van der Waals surface area contributed by atoms with Crippen molar-refractivity contribution in [3.8, 4) is 0 Å². The highest BCUT2D eigenvalue weighted by Crippen LogP contribution is 2.29. The van der Waals surface area contributed by atoms with E-state index < -0.39 is 0 Å². The Bertz CT molecular complexity index is 786. The molecule has 0 bridgehead atoms. The van der Waals surface area contributed by atoms with Crippen LogP contribution in [-0.4, -0.2) is 21.1 Å². The maximum Gasteiger partial charge on any atom is 0.162 e. The number of hydrogen-bond acceptors (Lipinski definition) is 3. The van der Waals surface area contributed by atoms with E-state index in [0.717, 1.165) is 42.9 Å². The maximum atomic E-state index is 5.89. The van der Waals surface area contributed by atoms with Crippen LogP contribution in [0.15, 0.2) is 42.6 Å². The summed E-state index contributed by atoms with van der Waals surface area (Å²) in [5.74, 6) is 1.03. The molecule has 3 heterocycles. The zero-order chi connectivity index (χ0) is 14.9. The second-order valence-electron chi connectivity index (χ2n) is 5.87. The molecule has 1 aliphatic heterocycles. The first kappa shape index (κ1) is 13.5. The molecule has 1 fully saturated rings. The molecule has 0 radical (unpaired) electrons. The van der Waals surface area contributed by atoms with Gasteiger partial charge < -0.3 is 4.74 Å². The second kappa shape index (κ2) is 5.54. The number of ether oxygens (including phenoxy) is 1. The number of aromatic nitrogens is 3. The van der Waals surface area contributed by atoms with Crippen molar-refractivity contribution in [2.24, 2.45) is 0 Å². The van der Waals surface area contributed by atoms with Crippen LogP contribution in [0.1, 0.15) is 36.0 Å². The van der Waals surface area contributed by atoms with Gasteiger partial charge in [-0.2, -0.15) is 0 Å². The van der Waals surface area contributed by atoms with Crippen LogP contribution in [0.25, 0.3) is 11.2 Å². The summed E-state index contributed by atoms with van der Waals surface area (Å²) in [6.45, 7) is 2.93. The molecule has 1 aliphatic rings. The average molecular weight is 293 g/mol. The van der Waals surface area contributed by atoms with E-state index in [0.29, 0.717) is 0 Å². The zero-order valence-electron chi connectivity index (χ0n) is 12.7. The normalized spacial score (nSPS) is 18.1. The molecule has 4 rings (SSSR count). The Hall–Kier alpha value is -2.20. The van der Waals surface area contributed by atoms with Crippen LogP contribution in [0, 0.1) is 6.92 Å². The Morgan fingerprint density at radius 1 is 1.23 bits per heavy atom. The average Bonchev–Trinajstić information content (AvgIpc) is 3.16. The third kappa shape index (κ3) is 2.40. The van der Waals surface area contributed by atoms with Crippen molar-refractivity contribution in [2.45, 2.75) is 32.4 Å². The molecule has 4 nitrogen and oxygen atoms in total.